The number of hydrogen-bond acceptors (Lipinski definition) is 4. The first-order valence-corrected chi connectivity index (χ1v) is 9.12. The van der Waals surface area contributed by atoms with Crippen LogP contribution in [0.15, 0.2) is 42.5 Å². The van der Waals surface area contributed by atoms with Gasteiger partial charge in [-0.3, -0.25) is 9.59 Å². The molecule has 2 aromatic rings. The predicted octanol–water partition coefficient (Wildman–Crippen LogP) is 3.86. The Labute approximate surface area is 159 Å². The van der Waals surface area contributed by atoms with Crippen molar-refractivity contribution in [2.75, 3.05) is 23.9 Å². The molecule has 0 unspecified atom stereocenters. The number of anilines is 2. The quantitative estimate of drug-likeness (QED) is 0.786. The van der Waals surface area contributed by atoms with Crippen LogP contribution in [0.25, 0.3) is 0 Å². The minimum absolute atomic E-state index is 0.124. The van der Waals surface area contributed by atoms with Gasteiger partial charge in [-0.1, -0.05) is 25.5 Å². The van der Waals surface area contributed by atoms with Crippen molar-refractivity contribution >= 4 is 23.2 Å². The molecule has 0 aliphatic carbocycles. The molecule has 1 aliphatic rings. The van der Waals surface area contributed by atoms with Crippen molar-refractivity contribution < 1.29 is 19.1 Å². The highest BCUT2D eigenvalue weighted by Gasteiger charge is 2.29. The van der Waals surface area contributed by atoms with Gasteiger partial charge in [0.05, 0.1) is 17.9 Å². The zero-order chi connectivity index (χ0) is 19.4. The maximum atomic E-state index is 12.7. The van der Waals surface area contributed by atoms with E-state index in [1.54, 1.807) is 55.3 Å². The zero-order valence-electron chi connectivity index (χ0n) is 15.8. The van der Waals surface area contributed by atoms with Crippen molar-refractivity contribution in [2.24, 2.45) is 0 Å². The molecule has 0 bridgehead atoms. The van der Waals surface area contributed by atoms with Gasteiger partial charge in [-0.25, -0.2) is 0 Å². The van der Waals surface area contributed by atoms with E-state index in [9.17, 15) is 9.59 Å². The molecule has 1 heterocycles. The molecular formula is C21H24N2O4. The Morgan fingerprint density at radius 2 is 2.04 bits per heavy atom. The van der Waals surface area contributed by atoms with Crippen LogP contribution in [-0.4, -0.2) is 31.6 Å². The Morgan fingerprint density at radius 1 is 1.26 bits per heavy atom. The van der Waals surface area contributed by atoms with Crippen LogP contribution in [-0.2, 0) is 4.79 Å². The van der Waals surface area contributed by atoms with E-state index in [0.717, 1.165) is 12.8 Å². The van der Waals surface area contributed by atoms with E-state index in [4.69, 9.17) is 9.47 Å². The van der Waals surface area contributed by atoms with Gasteiger partial charge in [0.15, 0.2) is 6.10 Å². The van der Waals surface area contributed by atoms with Gasteiger partial charge in [0.25, 0.3) is 11.8 Å². The average molecular weight is 368 g/mol. The first kappa shape index (κ1) is 18.8. The molecule has 27 heavy (non-hydrogen) atoms. The largest absolute Gasteiger partial charge is 0.493 e. The normalized spacial score (nSPS) is 15.7. The first-order chi connectivity index (χ1) is 13.0. The van der Waals surface area contributed by atoms with Gasteiger partial charge in [0, 0.05) is 12.7 Å². The number of para-hydroxylation sites is 1. The van der Waals surface area contributed by atoms with Crippen molar-refractivity contribution in [3.63, 3.8) is 0 Å². The number of unbranched alkanes of at least 4 members (excludes halogenated alkanes) is 1. The number of amides is 2. The molecule has 6 nitrogen and oxygen atoms in total. The number of hydrogen-bond donors (Lipinski definition) is 1. The third-order valence-electron chi connectivity index (χ3n) is 4.45. The standard InChI is InChI=1S/C21H24N2O4/c1-4-5-12-26-18-9-7-6-8-16(18)20(24)22-15-10-11-19-17(13-15)23(3)21(25)14(2)27-19/h6-11,13-14H,4-5,12H2,1-3H3,(H,22,24)/t14-/m1/s1. The summed E-state index contributed by atoms with van der Waals surface area (Å²) in [6.45, 7) is 4.37. The summed E-state index contributed by atoms with van der Waals surface area (Å²) in [5, 5.41) is 2.87. The Balaban J connectivity index is 1.79. The van der Waals surface area contributed by atoms with Crippen molar-refractivity contribution in [3.8, 4) is 11.5 Å². The van der Waals surface area contributed by atoms with Crippen LogP contribution in [0.5, 0.6) is 11.5 Å². The Bertz CT molecular complexity index is 850. The number of nitrogens with zero attached hydrogens (tertiary/aromatic N) is 1. The minimum Gasteiger partial charge on any atom is -0.493 e. The summed E-state index contributed by atoms with van der Waals surface area (Å²) in [4.78, 5) is 26.4. The molecule has 0 aromatic heterocycles. The number of carbonyl (C=O) groups excluding carboxylic acids is 2. The van der Waals surface area contributed by atoms with Crippen molar-refractivity contribution in [1.82, 2.24) is 0 Å². The second-order valence-electron chi connectivity index (χ2n) is 6.49. The van der Waals surface area contributed by atoms with Crippen LogP contribution in [0.1, 0.15) is 37.0 Å². The lowest BCUT2D eigenvalue weighted by Gasteiger charge is -2.30. The van der Waals surface area contributed by atoms with E-state index in [2.05, 4.69) is 12.2 Å². The Hall–Kier alpha value is -3.02. The second-order valence-corrected chi connectivity index (χ2v) is 6.49. The summed E-state index contributed by atoms with van der Waals surface area (Å²) >= 11 is 0. The molecule has 2 aromatic carbocycles. The summed E-state index contributed by atoms with van der Waals surface area (Å²) in [5.41, 5.74) is 1.68. The Morgan fingerprint density at radius 3 is 2.81 bits per heavy atom. The predicted molar refractivity (Wildman–Crippen MR) is 105 cm³/mol. The Kier molecular flexibility index (Phi) is 5.64. The van der Waals surface area contributed by atoms with Crippen molar-refractivity contribution in [1.29, 1.82) is 0 Å². The molecule has 6 heteroatoms. The van der Waals surface area contributed by atoms with Gasteiger partial charge >= 0.3 is 0 Å². The number of rotatable bonds is 6. The maximum absolute atomic E-state index is 12.7. The molecule has 142 valence electrons. The summed E-state index contributed by atoms with van der Waals surface area (Å²) in [6, 6.07) is 12.4. The molecule has 1 aliphatic heterocycles. The maximum Gasteiger partial charge on any atom is 0.267 e. The lowest BCUT2D eigenvalue weighted by Crippen LogP contribution is -2.41. The topological polar surface area (TPSA) is 67.9 Å². The summed E-state index contributed by atoms with van der Waals surface area (Å²) in [5.74, 6) is 0.790. The molecule has 1 N–H and O–H groups in total. The van der Waals surface area contributed by atoms with Gasteiger partial charge in [0.2, 0.25) is 0 Å². The van der Waals surface area contributed by atoms with Crippen LogP contribution >= 0.6 is 0 Å². The lowest BCUT2D eigenvalue weighted by molar-refractivity contribution is -0.125. The van der Waals surface area contributed by atoms with Gasteiger partial charge in [0.1, 0.15) is 11.5 Å². The van der Waals surface area contributed by atoms with Crippen LogP contribution in [0.3, 0.4) is 0 Å². The molecule has 0 fully saturated rings. The number of nitrogens with one attached hydrogen (secondary N) is 1. The third-order valence-corrected chi connectivity index (χ3v) is 4.45. The highest BCUT2D eigenvalue weighted by atomic mass is 16.5. The highest BCUT2D eigenvalue weighted by Crippen LogP contribution is 2.35. The first-order valence-electron chi connectivity index (χ1n) is 9.12. The van der Waals surface area contributed by atoms with Crippen LogP contribution < -0.4 is 19.7 Å². The van der Waals surface area contributed by atoms with E-state index in [0.29, 0.717) is 35.0 Å². The van der Waals surface area contributed by atoms with E-state index in [1.807, 2.05) is 6.07 Å². The summed E-state index contributed by atoms with van der Waals surface area (Å²) in [6.07, 6.45) is 1.44. The third kappa shape index (κ3) is 4.05. The van der Waals surface area contributed by atoms with Gasteiger partial charge in [-0.2, -0.15) is 0 Å². The molecule has 0 saturated carbocycles. The number of carbonyl (C=O) groups is 2. The zero-order valence-corrected chi connectivity index (χ0v) is 15.8. The molecule has 0 saturated heterocycles. The molecule has 1 atom stereocenters. The van der Waals surface area contributed by atoms with E-state index in [-0.39, 0.29) is 11.8 Å². The van der Waals surface area contributed by atoms with Crippen LogP contribution in [0, 0.1) is 0 Å². The number of ether oxygens (including phenoxy) is 2. The SMILES string of the molecule is CCCCOc1ccccc1C(=O)Nc1ccc2c(c1)N(C)C(=O)[C@@H](C)O2. The second kappa shape index (κ2) is 8.12. The molecule has 2 amide bonds. The van der Waals surface area contributed by atoms with Crippen LogP contribution in [0.4, 0.5) is 11.4 Å². The van der Waals surface area contributed by atoms with Crippen LogP contribution in [0.2, 0.25) is 0 Å². The van der Waals surface area contributed by atoms with Crippen molar-refractivity contribution in [3.05, 3.63) is 48.0 Å². The van der Waals surface area contributed by atoms with Crippen molar-refractivity contribution in [2.45, 2.75) is 32.8 Å². The average Bonchev–Trinajstić information content (AvgIpc) is 2.67. The molecule has 0 radical (unpaired) electrons. The number of benzene rings is 2. The summed E-state index contributed by atoms with van der Waals surface area (Å²) in [7, 11) is 1.70. The van der Waals surface area contributed by atoms with Gasteiger partial charge in [-0.05, 0) is 43.7 Å². The van der Waals surface area contributed by atoms with Gasteiger partial charge < -0.3 is 19.7 Å². The molecule has 3 rings (SSSR count). The number of likely N-dealkylation sites (N-methyl/N-ethyl adjacent to an activating group) is 1. The lowest BCUT2D eigenvalue weighted by atomic mass is 10.1. The van der Waals surface area contributed by atoms with E-state index < -0.39 is 6.10 Å². The fourth-order valence-corrected chi connectivity index (χ4v) is 2.89. The fraction of sp³-hybridized carbons (Fsp3) is 0.333. The van der Waals surface area contributed by atoms with E-state index >= 15 is 0 Å². The highest BCUT2D eigenvalue weighted by molar-refractivity contribution is 6.07. The monoisotopic (exact) mass is 368 g/mol. The number of fused-ring (bicyclic) bond motifs is 1. The molecule has 0 spiro atoms. The fourth-order valence-electron chi connectivity index (χ4n) is 2.89. The smallest absolute Gasteiger partial charge is 0.267 e. The molecular weight excluding hydrogens is 344 g/mol. The van der Waals surface area contributed by atoms with E-state index in [1.165, 1.54) is 0 Å². The minimum atomic E-state index is -0.518. The van der Waals surface area contributed by atoms with Gasteiger partial charge in [-0.15, -0.1) is 0 Å². The summed E-state index contributed by atoms with van der Waals surface area (Å²) < 4.78 is 11.3.